The van der Waals surface area contributed by atoms with Gasteiger partial charge in [-0.25, -0.2) is 4.98 Å². The number of aromatic nitrogens is 1. The normalized spacial score (nSPS) is 20.9. The highest BCUT2D eigenvalue weighted by atomic mass is 32.1. The predicted octanol–water partition coefficient (Wildman–Crippen LogP) is 2.56. The number of piperazine rings is 1. The molecule has 0 radical (unpaired) electrons. The molecule has 21 heavy (non-hydrogen) atoms. The van der Waals surface area contributed by atoms with Crippen molar-refractivity contribution >= 4 is 11.3 Å². The van der Waals surface area contributed by atoms with Gasteiger partial charge in [0.05, 0.1) is 5.69 Å². The smallest absolute Gasteiger partial charge is 0.107 e. The Hall–Kier alpha value is -0.490. The highest BCUT2D eigenvalue weighted by molar-refractivity contribution is 7.09. The van der Waals surface area contributed by atoms with Crippen molar-refractivity contribution in [3.63, 3.8) is 0 Å². The number of nitrogens with one attached hydrogen (secondary N) is 1. The summed E-state index contributed by atoms with van der Waals surface area (Å²) in [5.74, 6) is 0. The fourth-order valence-electron chi connectivity index (χ4n) is 2.55. The first-order valence-corrected chi connectivity index (χ1v) is 8.66. The Morgan fingerprint density at radius 1 is 1.33 bits per heavy atom. The van der Waals surface area contributed by atoms with Gasteiger partial charge in [-0.3, -0.25) is 9.80 Å². The van der Waals surface area contributed by atoms with Gasteiger partial charge in [-0.15, -0.1) is 11.3 Å². The van der Waals surface area contributed by atoms with Gasteiger partial charge >= 0.3 is 0 Å². The summed E-state index contributed by atoms with van der Waals surface area (Å²) in [6, 6.07) is 0. The van der Waals surface area contributed by atoms with Crippen LogP contribution in [0.3, 0.4) is 0 Å². The summed E-state index contributed by atoms with van der Waals surface area (Å²) in [6.45, 7) is 16.4. The van der Waals surface area contributed by atoms with Gasteiger partial charge in [-0.05, 0) is 41.7 Å². The summed E-state index contributed by atoms with van der Waals surface area (Å²) >= 11 is 1.77. The van der Waals surface area contributed by atoms with E-state index in [0.717, 1.165) is 32.7 Å². The summed E-state index contributed by atoms with van der Waals surface area (Å²) in [7, 11) is 2.22. The van der Waals surface area contributed by atoms with Gasteiger partial charge in [0, 0.05) is 49.2 Å². The first kappa shape index (κ1) is 16.9. The van der Waals surface area contributed by atoms with E-state index in [1.165, 1.54) is 10.7 Å². The van der Waals surface area contributed by atoms with Crippen molar-refractivity contribution < 1.29 is 0 Å². The van der Waals surface area contributed by atoms with Crippen molar-refractivity contribution in [3.05, 3.63) is 16.1 Å². The van der Waals surface area contributed by atoms with Crippen molar-refractivity contribution in [1.82, 2.24) is 20.1 Å². The van der Waals surface area contributed by atoms with Crippen LogP contribution in [0.4, 0.5) is 0 Å². The largest absolute Gasteiger partial charge is 0.306 e. The lowest BCUT2D eigenvalue weighted by Gasteiger charge is -2.45. The average Bonchev–Trinajstić information content (AvgIpc) is 2.78. The van der Waals surface area contributed by atoms with Crippen LogP contribution in [0.1, 0.15) is 45.3 Å². The first-order valence-electron chi connectivity index (χ1n) is 7.78. The van der Waals surface area contributed by atoms with Gasteiger partial charge in [-0.2, -0.15) is 0 Å². The fourth-order valence-corrected chi connectivity index (χ4v) is 3.27. The lowest BCUT2D eigenvalue weighted by Crippen LogP contribution is -2.57. The molecule has 120 valence electrons. The second kappa shape index (κ2) is 6.32. The third-order valence-electron chi connectivity index (χ3n) is 4.15. The van der Waals surface area contributed by atoms with Gasteiger partial charge in [0.2, 0.25) is 0 Å². The maximum absolute atomic E-state index is 4.77. The molecule has 2 heterocycles. The molecule has 4 nitrogen and oxygen atoms in total. The molecule has 1 aromatic heterocycles. The molecule has 1 N–H and O–H groups in total. The Labute approximate surface area is 133 Å². The van der Waals surface area contributed by atoms with E-state index in [4.69, 9.17) is 4.98 Å². The Balaban J connectivity index is 1.88. The molecule has 0 amide bonds. The zero-order valence-electron chi connectivity index (χ0n) is 14.4. The van der Waals surface area contributed by atoms with Gasteiger partial charge in [0.1, 0.15) is 5.01 Å². The van der Waals surface area contributed by atoms with E-state index in [-0.39, 0.29) is 11.1 Å². The standard InChI is InChI=1S/C16H30N4S/c1-15(2,3)17-9-14-18-13(11-21-14)10-20-8-7-19(6)16(4,5)12-20/h11,17H,7-10,12H2,1-6H3. The summed E-state index contributed by atoms with van der Waals surface area (Å²) in [4.78, 5) is 9.75. The van der Waals surface area contributed by atoms with Gasteiger partial charge < -0.3 is 5.32 Å². The second-order valence-corrected chi connectivity index (χ2v) is 8.72. The van der Waals surface area contributed by atoms with Crippen LogP contribution in [0.15, 0.2) is 5.38 Å². The van der Waals surface area contributed by atoms with E-state index < -0.39 is 0 Å². The summed E-state index contributed by atoms with van der Waals surface area (Å²) in [5, 5.41) is 6.90. The van der Waals surface area contributed by atoms with E-state index in [1.807, 2.05) is 0 Å². The lowest BCUT2D eigenvalue weighted by atomic mass is 10.00. The molecule has 0 spiro atoms. The van der Waals surface area contributed by atoms with E-state index in [0.29, 0.717) is 0 Å². The van der Waals surface area contributed by atoms with Crippen LogP contribution in [0.2, 0.25) is 0 Å². The third kappa shape index (κ3) is 5.02. The summed E-state index contributed by atoms with van der Waals surface area (Å²) in [5.41, 5.74) is 1.61. The predicted molar refractivity (Wildman–Crippen MR) is 90.7 cm³/mol. The van der Waals surface area contributed by atoms with Crippen molar-refractivity contribution in [2.45, 2.75) is 58.8 Å². The highest BCUT2D eigenvalue weighted by Gasteiger charge is 2.31. The maximum atomic E-state index is 4.77. The monoisotopic (exact) mass is 310 g/mol. The molecule has 0 unspecified atom stereocenters. The molecule has 0 aliphatic carbocycles. The highest BCUT2D eigenvalue weighted by Crippen LogP contribution is 2.21. The zero-order chi connectivity index (χ0) is 15.7. The van der Waals surface area contributed by atoms with E-state index in [2.05, 4.69) is 62.2 Å². The Kier molecular flexibility index (Phi) is 5.08. The van der Waals surface area contributed by atoms with Crippen LogP contribution < -0.4 is 5.32 Å². The molecule has 5 heteroatoms. The maximum Gasteiger partial charge on any atom is 0.107 e. The number of hydrogen-bond donors (Lipinski definition) is 1. The van der Waals surface area contributed by atoms with E-state index in [9.17, 15) is 0 Å². The van der Waals surface area contributed by atoms with Crippen LogP contribution in [-0.4, -0.2) is 52.5 Å². The minimum atomic E-state index is 0.146. The van der Waals surface area contributed by atoms with Crippen molar-refractivity contribution in [2.24, 2.45) is 0 Å². The van der Waals surface area contributed by atoms with Gasteiger partial charge in [0.25, 0.3) is 0 Å². The van der Waals surface area contributed by atoms with Crippen LogP contribution in [0.25, 0.3) is 0 Å². The number of hydrogen-bond acceptors (Lipinski definition) is 5. The van der Waals surface area contributed by atoms with Crippen molar-refractivity contribution in [2.75, 3.05) is 26.7 Å². The molecule has 1 aliphatic heterocycles. The first-order chi connectivity index (χ1) is 9.66. The molecule has 1 saturated heterocycles. The zero-order valence-corrected chi connectivity index (χ0v) is 15.2. The van der Waals surface area contributed by atoms with Crippen LogP contribution in [0.5, 0.6) is 0 Å². The number of likely N-dealkylation sites (N-methyl/N-ethyl adjacent to an activating group) is 1. The van der Waals surface area contributed by atoms with Crippen LogP contribution in [-0.2, 0) is 13.1 Å². The van der Waals surface area contributed by atoms with Gasteiger partial charge in [0.15, 0.2) is 0 Å². The van der Waals surface area contributed by atoms with E-state index >= 15 is 0 Å². The third-order valence-corrected chi connectivity index (χ3v) is 5.05. The van der Waals surface area contributed by atoms with Crippen molar-refractivity contribution in [3.8, 4) is 0 Å². The minimum absolute atomic E-state index is 0.146. The minimum Gasteiger partial charge on any atom is -0.306 e. The molecule has 0 atom stereocenters. The number of thiazole rings is 1. The lowest BCUT2D eigenvalue weighted by molar-refractivity contribution is 0.0355. The van der Waals surface area contributed by atoms with Gasteiger partial charge in [-0.1, -0.05) is 0 Å². The quantitative estimate of drug-likeness (QED) is 0.926. The molecular formula is C16H30N4S. The second-order valence-electron chi connectivity index (χ2n) is 7.78. The molecule has 2 rings (SSSR count). The number of nitrogens with zero attached hydrogens (tertiary/aromatic N) is 3. The number of rotatable bonds is 4. The SMILES string of the molecule is CN1CCN(Cc2csc(CNC(C)(C)C)n2)CC1(C)C. The molecule has 0 bridgehead atoms. The molecular weight excluding hydrogens is 280 g/mol. The van der Waals surface area contributed by atoms with E-state index in [1.54, 1.807) is 11.3 Å². The van der Waals surface area contributed by atoms with Crippen LogP contribution >= 0.6 is 11.3 Å². The Morgan fingerprint density at radius 3 is 2.67 bits per heavy atom. The molecule has 0 saturated carbocycles. The molecule has 1 aromatic rings. The van der Waals surface area contributed by atoms with Crippen molar-refractivity contribution in [1.29, 1.82) is 0 Å². The summed E-state index contributed by atoms with van der Waals surface area (Å²) in [6.07, 6.45) is 0. The fraction of sp³-hybridized carbons (Fsp3) is 0.812. The summed E-state index contributed by atoms with van der Waals surface area (Å²) < 4.78 is 0. The van der Waals surface area contributed by atoms with Crippen LogP contribution in [0, 0.1) is 0 Å². The Morgan fingerprint density at radius 2 is 2.05 bits per heavy atom. The Bertz CT molecular complexity index is 461. The molecule has 1 fully saturated rings. The average molecular weight is 311 g/mol. The molecule has 1 aliphatic rings. The topological polar surface area (TPSA) is 31.4 Å². The molecule has 0 aromatic carbocycles.